The first-order chi connectivity index (χ1) is 6.16. The molecule has 0 unspecified atom stereocenters. The molecule has 2 nitrogen and oxygen atoms in total. The van der Waals surface area contributed by atoms with E-state index in [1.54, 1.807) is 18.2 Å². The summed E-state index contributed by atoms with van der Waals surface area (Å²) in [6.07, 6.45) is 0.914. The Hall–Kier alpha value is -1.31. The highest BCUT2D eigenvalue weighted by Crippen LogP contribution is 2.23. The SMILES string of the molecule is CC[C@@H](C)c1ccccc(=O)c1O. The second-order valence-corrected chi connectivity index (χ2v) is 3.20. The zero-order valence-electron chi connectivity index (χ0n) is 7.95. The molecule has 0 aliphatic heterocycles. The molecule has 0 bridgehead atoms. The smallest absolute Gasteiger partial charge is 0.220 e. The molecule has 0 spiro atoms. The van der Waals surface area contributed by atoms with Crippen LogP contribution in [0.1, 0.15) is 31.7 Å². The van der Waals surface area contributed by atoms with Crippen molar-refractivity contribution >= 4 is 0 Å². The fourth-order valence-electron chi connectivity index (χ4n) is 1.22. The number of rotatable bonds is 2. The van der Waals surface area contributed by atoms with Crippen molar-refractivity contribution in [3.05, 3.63) is 40.1 Å². The first-order valence-electron chi connectivity index (χ1n) is 4.49. The maximum absolute atomic E-state index is 11.2. The number of hydrogen-bond donors (Lipinski definition) is 1. The van der Waals surface area contributed by atoms with Gasteiger partial charge in [0.05, 0.1) is 0 Å². The van der Waals surface area contributed by atoms with Gasteiger partial charge in [0.1, 0.15) is 0 Å². The van der Waals surface area contributed by atoms with Crippen LogP contribution in [0.5, 0.6) is 5.75 Å². The van der Waals surface area contributed by atoms with Crippen molar-refractivity contribution in [3.8, 4) is 5.75 Å². The highest BCUT2D eigenvalue weighted by Gasteiger charge is 2.08. The van der Waals surface area contributed by atoms with Crippen LogP contribution in [-0.4, -0.2) is 5.11 Å². The maximum atomic E-state index is 11.2. The van der Waals surface area contributed by atoms with Crippen LogP contribution < -0.4 is 5.43 Å². The molecule has 0 saturated heterocycles. The Morgan fingerprint density at radius 3 is 2.62 bits per heavy atom. The van der Waals surface area contributed by atoms with Crippen LogP contribution in [0.15, 0.2) is 29.1 Å². The molecule has 1 atom stereocenters. The Morgan fingerprint density at radius 1 is 1.38 bits per heavy atom. The van der Waals surface area contributed by atoms with E-state index in [1.165, 1.54) is 6.07 Å². The minimum atomic E-state index is -0.305. The number of hydrogen-bond acceptors (Lipinski definition) is 2. The molecule has 0 fully saturated rings. The lowest BCUT2D eigenvalue weighted by molar-refractivity contribution is 0.458. The third-order valence-electron chi connectivity index (χ3n) is 2.28. The largest absolute Gasteiger partial charge is 0.504 e. The monoisotopic (exact) mass is 178 g/mol. The summed E-state index contributed by atoms with van der Waals surface area (Å²) in [5.74, 6) is 0.111. The molecule has 1 N–H and O–H groups in total. The number of aromatic hydroxyl groups is 1. The summed E-state index contributed by atoms with van der Waals surface area (Å²) in [5.41, 5.74) is 0.429. The van der Waals surface area contributed by atoms with E-state index in [1.807, 2.05) is 13.8 Å². The van der Waals surface area contributed by atoms with Gasteiger partial charge in [0, 0.05) is 5.56 Å². The summed E-state index contributed by atoms with van der Waals surface area (Å²) in [5, 5.41) is 9.55. The first-order valence-corrected chi connectivity index (χ1v) is 4.49. The predicted octanol–water partition coefficient (Wildman–Crippen LogP) is 2.27. The highest BCUT2D eigenvalue weighted by molar-refractivity contribution is 5.33. The van der Waals surface area contributed by atoms with Gasteiger partial charge in [-0.1, -0.05) is 32.0 Å². The topological polar surface area (TPSA) is 37.3 Å². The van der Waals surface area contributed by atoms with E-state index in [4.69, 9.17) is 0 Å². The molecule has 1 aromatic carbocycles. The summed E-state index contributed by atoms with van der Waals surface area (Å²) in [7, 11) is 0. The third kappa shape index (κ3) is 2.08. The minimum Gasteiger partial charge on any atom is -0.504 e. The minimum absolute atomic E-state index is 0.112. The van der Waals surface area contributed by atoms with Crippen LogP contribution in [0, 0.1) is 0 Å². The van der Waals surface area contributed by atoms with Crippen molar-refractivity contribution in [1.29, 1.82) is 0 Å². The second kappa shape index (κ2) is 4.08. The van der Waals surface area contributed by atoms with Gasteiger partial charge < -0.3 is 5.11 Å². The molecule has 0 heterocycles. The van der Waals surface area contributed by atoms with E-state index >= 15 is 0 Å². The zero-order valence-corrected chi connectivity index (χ0v) is 7.95. The summed E-state index contributed by atoms with van der Waals surface area (Å²) in [4.78, 5) is 11.2. The Morgan fingerprint density at radius 2 is 2.00 bits per heavy atom. The summed E-state index contributed by atoms with van der Waals surface area (Å²) in [6.45, 7) is 4.02. The molecular weight excluding hydrogens is 164 g/mol. The normalized spacial score (nSPS) is 12.5. The molecule has 70 valence electrons. The van der Waals surface area contributed by atoms with E-state index in [2.05, 4.69) is 0 Å². The van der Waals surface area contributed by atoms with Crippen LogP contribution in [0.4, 0.5) is 0 Å². The summed E-state index contributed by atoms with van der Waals surface area (Å²) in [6, 6.07) is 6.60. The van der Waals surface area contributed by atoms with Gasteiger partial charge in [-0.2, -0.15) is 0 Å². The van der Waals surface area contributed by atoms with E-state index < -0.39 is 0 Å². The lowest BCUT2D eigenvalue weighted by atomic mass is 9.99. The van der Waals surface area contributed by atoms with Crippen molar-refractivity contribution in [2.75, 3.05) is 0 Å². The van der Waals surface area contributed by atoms with Crippen LogP contribution in [0.3, 0.4) is 0 Å². The lowest BCUT2D eigenvalue weighted by Gasteiger charge is -2.07. The standard InChI is InChI=1S/C11H14O2/c1-3-8(2)9-6-4-5-7-10(12)11(9)13/h4-8H,3H2,1-2H3,(H,12,13)/t8-/m1/s1. The predicted molar refractivity (Wildman–Crippen MR) is 53.1 cm³/mol. The molecule has 0 radical (unpaired) electrons. The Labute approximate surface area is 77.9 Å². The van der Waals surface area contributed by atoms with Crippen LogP contribution in [0.25, 0.3) is 0 Å². The van der Waals surface area contributed by atoms with E-state index in [-0.39, 0.29) is 17.1 Å². The Kier molecular flexibility index (Phi) is 3.07. The van der Waals surface area contributed by atoms with Crippen molar-refractivity contribution in [2.45, 2.75) is 26.2 Å². The maximum Gasteiger partial charge on any atom is 0.220 e. The van der Waals surface area contributed by atoms with E-state index in [9.17, 15) is 9.90 Å². The molecule has 2 heteroatoms. The van der Waals surface area contributed by atoms with Gasteiger partial charge in [-0.25, -0.2) is 0 Å². The van der Waals surface area contributed by atoms with Crippen molar-refractivity contribution in [3.63, 3.8) is 0 Å². The van der Waals surface area contributed by atoms with Crippen LogP contribution in [-0.2, 0) is 0 Å². The van der Waals surface area contributed by atoms with Gasteiger partial charge in [-0.3, -0.25) is 4.79 Å². The average Bonchev–Trinajstić information content (AvgIpc) is 2.29. The molecule has 1 rings (SSSR count). The first kappa shape index (κ1) is 9.78. The van der Waals surface area contributed by atoms with Crippen molar-refractivity contribution in [1.82, 2.24) is 0 Å². The van der Waals surface area contributed by atoms with E-state index in [0.29, 0.717) is 0 Å². The van der Waals surface area contributed by atoms with Gasteiger partial charge in [0.25, 0.3) is 0 Å². The van der Waals surface area contributed by atoms with Crippen molar-refractivity contribution in [2.24, 2.45) is 0 Å². The second-order valence-electron chi connectivity index (χ2n) is 3.20. The molecule has 0 aliphatic rings. The molecule has 13 heavy (non-hydrogen) atoms. The molecule has 0 amide bonds. The molecule has 0 saturated carbocycles. The summed E-state index contributed by atoms with van der Waals surface area (Å²) >= 11 is 0. The van der Waals surface area contributed by atoms with Gasteiger partial charge in [0.15, 0.2) is 5.75 Å². The molecule has 1 aromatic rings. The van der Waals surface area contributed by atoms with Gasteiger partial charge in [0.2, 0.25) is 5.43 Å². The average molecular weight is 178 g/mol. The lowest BCUT2D eigenvalue weighted by Crippen LogP contribution is -1.99. The molecule has 0 aromatic heterocycles. The summed E-state index contributed by atoms with van der Waals surface area (Å²) < 4.78 is 0. The Balaban J connectivity index is 3.31. The van der Waals surface area contributed by atoms with E-state index in [0.717, 1.165) is 12.0 Å². The van der Waals surface area contributed by atoms with Crippen LogP contribution >= 0.6 is 0 Å². The Bertz CT molecular complexity index is 344. The van der Waals surface area contributed by atoms with Crippen molar-refractivity contribution < 1.29 is 5.11 Å². The molecule has 0 aliphatic carbocycles. The van der Waals surface area contributed by atoms with Gasteiger partial charge in [-0.15, -0.1) is 0 Å². The quantitative estimate of drug-likeness (QED) is 0.754. The van der Waals surface area contributed by atoms with Gasteiger partial charge in [-0.05, 0) is 18.4 Å². The highest BCUT2D eigenvalue weighted by atomic mass is 16.3. The van der Waals surface area contributed by atoms with Crippen LogP contribution in [0.2, 0.25) is 0 Å². The van der Waals surface area contributed by atoms with Gasteiger partial charge >= 0.3 is 0 Å². The fraction of sp³-hybridized carbons (Fsp3) is 0.364. The third-order valence-corrected chi connectivity index (χ3v) is 2.28. The zero-order chi connectivity index (χ0) is 9.84. The fourth-order valence-corrected chi connectivity index (χ4v) is 1.22. The molecular formula is C11H14O2.